The van der Waals surface area contributed by atoms with Crippen LogP contribution >= 0.6 is 0 Å². The Bertz CT molecular complexity index is 508. The van der Waals surface area contributed by atoms with Crippen LogP contribution in [0.4, 0.5) is 11.4 Å². The minimum atomic E-state index is -3.20. The van der Waals surface area contributed by atoms with Gasteiger partial charge in [-0.15, -0.1) is 0 Å². The van der Waals surface area contributed by atoms with E-state index in [-0.39, 0.29) is 0 Å². The van der Waals surface area contributed by atoms with Crippen LogP contribution in [0.15, 0.2) is 12.1 Å². The Morgan fingerprint density at radius 2 is 2.07 bits per heavy atom. The van der Waals surface area contributed by atoms with Gasteiger partial charge in [0.1, 0.15) is 0 Å². The van der Waals surface area contributed by atoms with Crippen LogP contribution in [0.1, 0.15) is 11.1 Å². The molecule has 5 heteroatoms. The molecule has 0 atom stereocenters. The largest absolute Gasteiger partial charge is 0.397 e. The van der Waals surface area contributed by atoms with E-state index >= 15 is 0 Å². The van der Waals surface area contributed by atoms with E-state index in [4.69, 9.17) is 5.73 Å². The van der Waals surface area contributed by atoms with E-state index in [1.54, 1.807) is 0 Å². The van der Waals surface area contributed by atoms with Crippen LogP contribution < -0.4 is 10.0 Å². The Labute approximate surface area is 89.7 Å². The second-order valence-corrected chi connectivity index (χ2v) is 5.85. The summed E-state index contributed by atoms with van der Waals surface area (Å²) in [6.07, 6.45) is 1.95. The average molecular weight is 226 g/mol. The standard InChI is InChI=1S/C10H14N2O2S/c1-7-5-8-3-4-12(15(2,13)14)10(8)9(11)6-7/h5-6H,3-4,11H2,1-2H3. The number of anilines is 2. The lowest BCUT2D eigenvalue weighted by Gasteiger charge is -2.18. The van der Waals surface area contributed by atoms with Crippen molar-refractivity contribution in [2.45, 2.75) is 13.3 Å². The molecule has 0 fully saturated rings. The highest BCUT2D eigenvalue weighted by atomic mass is 32.2. The quantitative estimate of drug-likeness (QED) is 0.724. The van der Waals surface area contributed by atoms with Crippen molar-refractivity contribution in [3.63, 3.8) is 0 Å². The SMILES string of the molecule is Cc1cc(N)c2c(c1)CCN2S(C)(=O)=O. The van der Waals surface area contributed by atoms with Gasteiger partial charge in [-0.05, 0) is 30.5 Å². The van der Waals surface area contributed by atoms with Crippen LogP contribution in [-0.4, -0.2) is 21.2 Å². The number of sulfonamides is 1. The molecule has 0 aromatic heterocycles. The van der Waals surface area contributed by atoms with E-state index in [1.165, 1.54) is 10.6 Å². The number of hydrogen-bond acceptors (Lipinski definition) is 3. The molecule has 1 aliphatic heterocycles. The maximum atomic E-state index is 11.5. The maximum Gasteiger partial charge on any atom is 0.232 e. The molecule has 0 saturated heterocycles. The Balaban J connectivity index is 2.61. The fourth-order valence-electron chi connectivity index (χ4n) is 2.04. The summed E-state index contributed by atoms with van der Waals surface area (Å²) in [5.74, 6) is 0. The minimum Gasteiger partial charge on any atom is -0.397 e. The number of aryl methyl sites for hydroxylation is 1. The summed E-state index contributed by atoms with van der Waals surface area (Å²) < 4.78 is 24.4. The molecule has 0 radical (unpaired) electrons. The minimum absolute atomic E-state index is 0.502. The molecule has 82 valence electrons. The Hall–Kier alpha value is -1.23. The molecule has 1 heterocycles. The molecule has 2 rings (SSSR count). The van der Waals surface area contributed by atoms with E-state index in [9.17, 15) is 8.42 Å². The highest BCUT2D eigenvalue weighted by Gasteiger charge is 2.28. The second-order valence-electron chi connectivity index (χ2n) is 3.95. The maximum absolute atomic E-state index is 11.5. The summed E-state index contributed by atoms with van der Waals surface area (Å²) in [6, 6.07) is 3.80. The van der Waals surface area contributed by atoms with Crippen LogP contribution in [0.25, 0.3) is 0 Å². The third-order valence-corrected chi connectivity index (χ3v) is 3.76. The smallest absolute Gasteiger partial charge is 0.232 e. The zero-order chi connectivity index (χ0) is 11.2. The molecule has 0 bridgehead atoms. The second kappa shape index (κ2) is 3.13. The van der Waals surface area contributed by atoms with Crippen LogP contribution in [-0.2, 0) is 16.4 Å². The number of nitrogens with two attached hydrogens (primary N) is 1. The summed E-state index contributed by atoms with van der Waals surface area (Å²) in [6.45, 7) is 2.46. The van der Waals surface area contributed by atoms with Crippen molar-refractivity contribution in [2.75, 3.05) is 22.8 Å². The first kappa shape index (κ1) is 10.3. The van der Waals surface area contributed by atoms with Crippen molar-refractivity contribution in [3.8, 4) is 0 Å². The van der Waals surface area contributed by atoms with Crippen LogP contribution in [0.2, 0.25) is 0 Å². The molecule has 0 spiro atoms. The first-order valence-corrected chi connectivity index (χ1v) is 6.61. The predicted octanol–water partition coefficient (Wildman–Crippen LogP) is 0.899. The summed E-state index contributed by atoms with van der Waals surface area (Å²) in [5, 5.41) is 0. The predicted molar refractivity (Wildman–Crippen MR) is 61.5 cm³/mol. The van der Waals surface area contributed by atoms with Gasteiger partial charge >= 0.3 is 0 Å². The monoisotopic (exact) mass is 226 g/mol. The van der Waals surface area contributed by atoms with E-state index in [1.807, 2.05) is 19.1 Å². The number of nitrogens with zero attached hydrogens (tertiary/aromatic N) is 1. The first-order valence-electron chi connectivity index (χ1n) is 4.76. The van der Waals surface area contributed by atoms with Gasteiger partial charge in [0.05, 0.1) is 17.6 Å². The van der Waals surface area contributed by atoms with Crippen molar-refractivity contribution in [2.24, 2.45) is 0 Å². The lowest BCUT2D eigenvalue weighted by molar-refractivity contribution is 0.598. The third kappa shape index (κ3) is 1.67. The lowest BCUT2D eigenvalue weighted by atomic mass is 10.1. The fourth-order valence-corrected chi connectivity index (χ4v) is 3.02. The van der Waals surface area contributed by atoms with Crippen molar-refractivity contribution in [3.05, 3.63) is 23.3 Å². The van der Waals surface area contributed by atoms with Gasteiger partial charge in [0, 0.05) is 6.54 Å². The summed E-state index contributed by atoms with van der Waals surface area (Å²) in [5.41, 5.74) is 9.17. The van der Waals surface area contributed by atoms with Crippen LogP contribution in [0.3, 0.4) is 0 Å². The number of hydrogen-bond donors (Lipinski definition) is 1. The molecule has 1 aliphatic rings. The number of nitrogen functional groups attached to an aromatic ring is 1. The first-order chi connectivity index (χ1) is 6.89. The number of benzene rings is 1. The zero-order valence-electron chi connectivity index (χ0n) is 8.82. The van der Waals surface area contributed by atoms with Crippen molar-refractivity contribution < 1.29 is 8.42 Å². The van der Waals surface area contributed by atoms with Gasteiger partial charge in [0.25, 0.3) is 0 Å². The number of rotatable bonds is 1. The number of fused-ring (bicyclic) bond motifs is 1. The van der Waals surface area contributed by atoms with E-state index in [0.717, 1.165) is 17.5 Å². The summed E-state index contributed by atoms with van der Waals surface area (Å²) in [7, 11) is -3.20. The molecule has 0 aliphatic carbocycles. The Morgan fingerprint density at radius 3 is 2.67 bits per heavy atom. The zero-order valence-corrected chi connectivity index (χ0v) is 9.63. The Kier molecular flexibility index (Phi) is 2.15. The third-order valence-electron chi connectivity index (χ3n) is 2.60. The van der Waals surface area contributed by atoms with Gasteiger partial charge in [-0.1, -0.05) is 6.07 Å². The van der Waals surface area contributed by atoms with Gasteiger partial charge in [-0.25, -0.2) is 8.42 Å². The lowest BCUT2D eigenvalue weighted by Crippen LogP contribution is -2.28. The molecule has 0 amide bonds. The molecule has 2 N–H and O–H groups in total. The van der Waals surface area contributed by atoms with E-state index in [0.29, 0.717) is 17.9 Å². The van der Waals surface area contributed by atoms with Gasteiger partial charge in [-0.3, -0.25) is 4.31 Å². The molecule has 4 nitrogen and oxygen atoms in total. The normalized spacial score (nSPS) is 15.5. The van der Waals surface area contributed by atoms with E-state index < -0.39 is 10.0 Å². The molecule has 0 unspecified atom stereocenters. The topological polar surface area (TPSA) is 63.4 Å². The molecule has 1 aromatic carbocycles. The highest BCUT2D eigenvalue weighted by Crippen LogP contribution is 2.36. The van der Waals surface area contributed by atoms with Crippen molar-refractivity contribution >= 4 is 21.4 Å². The van der Waals surface area contributed by atoms with Gasteiger partial charge in [0.2, 0.25) is 10.0 Å². The van der Waals surface area contributed by atoms with Crippen LogP contribution in [0, 0.1) is 6.92 Å². The van der Waals surface area contributed by atoms with Gasteiger partial charge in [-0.2, -0.15) is 0 Å². The molecule has 1 aromatic rings. The Morgan fingerprint density at radius 1 is 1.40 bits per heavy atom. The summed E-state index contributed by atoms with van der Waals surface area (Å²) in [4.78, 5) is 0. The highest BCUT2D eigenvalue weighted by molar-refractivity contribution is 7.92. The molecular formula is C10H14N2O2S. The summed E-state index contributed by atoms with van der Waals surface area (Å²) >= 11 is 0. The average Bonchev–Trinajstić information content (AvgIpc) is 2.45. The molecule has 15 heavy (non-hydrogen) atoms. The van der Waals surface area contributed by atoms with Crippen molar-refractivity contribution in [1.29, 1.82) is 0 Å². The van der Waals surface area contributed by atoms with Crippen molar-refractivity contribution in [1.82, 2.24) is 0 Å². The fraction of sp³-hybridized carbons (Fsp3) is 0.400. The molecule has 0 saturated carbocycles. The van der Waals surface area contributed by atoms with Crippen LogP contribution in [0.5, 0.6) is 0 Å². The van der Waals surface area contributed by atoms with Gasteiger partial charge in [0.15, 0.2) is 0 Å². The van der Waals surface area contributed by atoms with E-state index in [2.05, 4.69) is 0 Å². The van der Waals surface area contributed by atoms with Gasteiger partial charge < -0.3 is 5.73 Å². The molecular weight excluding hydrogens is 212 g/mol.